The molecule has 0 atom stereocenters. The molecule has 0 saturated carbocycles. The molecule has 2 rings (SSSR count). The van der Waals surface area contributed by atoms with Crippen LogP contribution in [0.2, 0.25) is 0 Å². The van der Waals surface area contributed by atoms with E-state index >= 15 is 0 Å². The lowest BCUT2D eigenvalue weighted by Gasteiger charge is -2.23. The van der Waals surface area contributed by atoms with E-state index in [-0.39, 0.29) is 18.1 Å². The zero-order chi connectivity index (χ0) is 14.8. The lowest BCUT2D eigenvalue weighted by Crippen LogP contribution is -2.41. The van der Waals surface area contributed by atoms with Gasteiger partial charge in [-0.15, -0.1) is 11.3 Å². The van der Waals surface area contributed by atoms with Crippen LogP contribution in [0.15, 0.2) is 30.5 Å². The summed E-state index contributed by atoms with van der Waals surface area (Å²) in [6.07, 6.45) is 2.03. The Morgan fingerprint density at radius 2 is 2.00 bits per heavy atom. The van der Waals surface area contributed by atoms with E-state index in [1.807, 2.05) is 20.8 Å². The summed E-state index contributed by atoms with van der Waals surface area (Å²) >= 11 is 1.57. The number of aryl methyl sites for hydroxylation is 1. The van der Waals surface area contributed by atoms with Crippen molar-refractivity contribution in [1.29, 1.82) is 0 Å². The molecule has 0 fully saturated rings. The fraction of sp³-hybridized carbons (Fsp3) is 0.333. The number of nitrogens with zero attached hydrogens (tertiary/aromatic N) is 1. The predicted molar refractivity (Wildman–Crippen MR) is 78.1 cm³/mol. The zero-order valence-electron chi connectivity index (χ0n) is 11.7. The largest absolute Gasteiger partial charge is 0.344 e. The topological polar surface area (TPSA) is 42.0 Å². The molecule has 5 heteroatoms. The number of hydrogen-bond donors (Lipinski definition) is 1. The molecule has 0 saturated heterocycles. The van der Waals surface area contributed by atoms with Crippen LogP contribution in [-0.4, -0.2) is 10.9 Å². The average molecular weight is 292 g/mol. The number of carbonyl (C=O) groups excluding carboxylic acids is 1. The fourth-order valence-electron chi connectivity index (χ4n) is 1.88. The summed E-state index contributed by atoms with van der Waals surface area (Å²) < 4.78 is 12.8. The van der Waals surface area contributed by atoms with Crippen LogP contribution in [0.3, 0.4) is 0 Å². The Hall–Kier alpha value is -1.75. The number of carbonyl (C=O) groups is 1. The number of rotatable bonds is 4. The minimum Gasteiger partial charge on any atom is -0.344 e. The van der Waals surface area contributed by atoms with Crippen LogP contribution in [0.5, 0.6) is 0 Å². The van der Waals surface area contributed by atoms with Crippen molar-refractivity contribution in [3.8, 4) is 0 Å². The molecular weight excluding hydrogens is 275 g/mol. The minimum atomic E-state index is -0.504. The van der Waals surface area contributed by atoms with Crippen molar-refractivity contribution in [3.63, 3.8) is 0 Å². The van der Waals surface area contributed by atoms with E-state index in [2.05, 4.69) is 10.3 Å². The highest BCUT2D eigenvalue weighted by molar-refractivity contribution is 7.11. The van der Waals surface area contributed by atoms with Crippen LogP contribution in [0.25, 0.3) is 0 Å². The van der Waals surface area contributed by atoms with Crippen LogP contribution in [0, 0.1) is 12.7 Å². The van der Waals surface area contributed by atoms with Gasteiger partial charge in [-0.1, -0.05) is 12.1 Å². The third kappa shape index (κ3) is 3.63. The SMILES string of the molecule is Cc1cnc(C(C)(C)NC(=O)Cc2ccc(F)cc2)s1. The molecule has 1 amide bonds. The molecule has 1 aromatic heterocycles. The highest BCUT2D eigenvalue weighted by Gasteiger charge is 2.25. The molecule has 1 heterocycles. The molecule has 106 valence electrons. The molecule has 0 aliphatic heterocycles. The van der Waals surface area contributed by atoms with Gasteiger partial charge in [-0.25, -0.2) is 9.37 Å². The molecule has 0 aliphatic rings. The average Bonchev–Trinajstić information content (AvgIpc) is 2.79. The van der Waals surface area contributed by atoms with Gasteiger partial charge in [-0.05, 0) is 38.5 Å². The highest BCUT2D eigenvalue weighted by atomic mass is 32.1. The van der Waals surface area contributed by atoms with Gasteiger partial charge in [0.05, 0.1) is 12.0 Å². The maximum atomic E-state index is 12.8. The molecule has 0 unspecified atom stereocenters. The molecule has 3 nitrogen and oxygen atoms in total. The fourth-order valence-corrected chi connectivity index (χ4v) is 2.70. The van der Waals surface area contributed by atoms with Crippen molar-refractivity contribution in [1.82, 2.24) is 10.3 Å². The molecule has 0 radical (unpaired) electrons. The smallest absolute Gasteiger partial charge is 0.225 e. The second-order valence-corrected chi connectivity index (χ2v) is 6.49. The second-order valence-electron chi connectivity index (χ2n) is 5.25. The maximum Gasteiger partial charge on any atom is 0.225 e. The van der Waals surface area contributed by atoms with Crippen molar-refractivity contribution in [2.45, 2.75) is 32.7 Å². The van der Waals surface area contributed by atoms with Crippen LogP contribution >= 0.6 is 11.3 Å². The van der Waals surface area contributed by atoms with Gasteiger partial charge in [0.2, 0.25) is 5.91 Å². The van der Waals surface area contributed by atoms with Gasteiger partial charge in [0.25, 0.3) is 0 Å². The lowest BCUT2D eigenvalue weighted by atomic mass is 10.1. The Kier molecular flexibility index (Phi) is 4.18. The number of benzene rings is 1. The van der Waals surface area contributed by atoms with Gasteiger partial charge >= 0.3 is 0 Å². The van der Waals surface area contributed by atoms with Crippen LogP contribution < -0.4 is 5.32 Å². The van der Waals surface area contributed by atoms with E-state index in [0.717, 1.165) is 15.4 Å². The second kappa shape index (κ2) is 5.71. The molecule has 1 N–H and O–H groups in total. The standard InChI is InChI=1S/C15H17FN2OS/c1-10-9-17-14(20-10)15(2,3)18-13(19)8-11-4-6-12(16)7-5-11/h4-7,9H,8H2,1-3H3,(H,18,19). The third-order valence-electron chi connectivity index (χ3n) is 2.89. The quantitative estimate of drug-likeness (QED) is 0.940. The first kappa shape index (κ1) is 14.7. The Morgan fingerprint density at radius 3 is 2.55 bits per heavy atom. The van der Waals surface area contributed by atoms with E-state index in [9.17, 15) is 9.18 Å². The van der Waals surface area contributed by atoms with Crippen LogP contribution in [-0.2, 0) is 16.8 Å². The summed E-state index contributed by atoms with van der Waals surface area (Å²) in [5, 5.41) is 3.84. The zero-order valence-corrected chi connectivity index (χ0v) is 12.6. The summed E-state index contributed by atoms with van der Waals surface area (Å²) in [6.45, 7) is 5.83. The Labute approximate surface area is 121 Å². The Morgan fingerprint density at radius 1 is 1.35 bits per heavy atom. The van der Waals surface area contributed by atoms with E-state index in [1.165, 1.54) is 12.1 Å². The maximum absolute atomic E-state index is 12.8. The molecule has 1 aromatic carbocycles. The number of nitrogens with one attached hydrogen (secondary N) is 1. The van der Waals surface area contributed by atoms with Gasteiger partial charge in [-0.3, -0.25) is 4.79 Å². The number of amides is 1. The van der Waals surface area contributed by atoms with Gasteiger partial charge in [0.1, 0.15) is 10.8 Å². The molecule has 2 aromatic rings. The van der Waals surface area contributed by atoms with E-state index < -0.39 is 5.54 Å². The van der Waals surface area contributed by atoms with Crippen molar-refractivity contribution < 1.29 is 9.18 Å². The number of thiazole rings is 1. The number of hydrogen-bond acceptors (Lipinski definition) is 3. The van der Waals surface area contributed by atoms with Crippen LogP contribution in [0.1, 0.15) is 29.3 Å². The first-order valence-electron chi connectivity index (χ1n) is 6.35. The molecule has 0 spiro atoms. The Bertz CT molecular complexity index is 605. The molecule has 0 bridgehead atoms. The summed E-state index contributed by atoms with van der Waals surface area (Å²) in [4.78, 5) is 17.5. The lowest BCUT2D eigenvalue weighted by molar-refractivity contribution is -0.122. The summed E-state index contributed by atoms with van der Waals surface area (Å²) in [7, 11) is 0. The van der Waals surface area contributed by atoms with Gasteiger partial charge in [0, 0.05) is 11.1 Å². The monoisotopic (exact) mass is 292 g/mol. The summed E-state index contributed by atoms with van der Waals surface area (Å²) in [5.74, 6) is -0.401. The number of halogens is 1. The summed E-state index contributed by atoms with van der Waals surface area (Å²) in [6, 6.07) is 5.96. The predicted octanol–water partition coefficient (Wildman–Crippen LogP) is 3.18. The van der Waals surface area contributed by atoms with Crippen molar-refractivity contribution >= 4 is 17.2 Å². The van der Waals surface area contributed by atoms with E-state index in [0.29, 0.717) is 0 Å². The highest BCUT2D eigenvalue weighted by Crippen LogP contribution is 2.24. The first-order valence-corrected chi connectivity index (χ1v) is 7.17. The van der Waals surface area contributed by atoms with Gasteiger partial charge in [0.15, 0.2) is 0 Å². The molecule has 0 aliphatic carbocycles. The van der Waals surface area contributed by atoms with Crippen LogP contribution in [0.4, 0.5) is 4.39 Å². The minimum absolute atomic E-state index is 0.102. The van der Waals surface area contributed by atoms with Crippen molar-refractivity contribution in [2.75, 3.05) is 0 Å². The van der Waals surface area contributed by atoms with Gasteiger partial charge < -0.3 is 5.32 Å². The normalized spacial score (nSPS) is 11.4. The molecular formula is C15H17FN2OS. The van der Waals surface area contributed by atoms with E-state index in [1.54, 1.807) is 29.7 Å². The van der Waals surface area contributed by atoms with E-state index in [4.69, 9.17) is 0 Å². The number of aromatic nitrogens is 1. The summed E-state index contributed by atoms with van der Waals surface area (Å²) in [5.41, 5.74) is 0.283. The molecule has 20 heavy (non-hydrogen) atoms. The first-order chi connectivity index (χ1) is 9.37. The third-order valence-corrected chi connectivity index (χ3v) is 4.12. The Balaban J connectivity index is 2.02. The van der Waals surface area contributed by atoms with Gasteiger partial charge in [-0.2, -0.15) is 0 Å². The van der Waals surface area contributed by atoms with Crippen molar-refractivity contribution in [3.05, 3.63) is 51.7 Å². The van der Waals surface area contributed by atoms with Crippen molar-refractivity contribution in [2.24, 2.45) is 0 Å².